The van der Waals surface area contributed by atoms with Gasteiger partial charge in [-0.15, -0.1) is 11.3 Å². The molecule has 0 radical (unpaired) electrons. The maximum atomic E-state index is 11.5. The smallest absolute Gasteiger partial charge is 0.170 e. The zero-order valence-electron chi connectivity index (χ0n) is 9.70. The van der Waals surface area contributed by atoms with E-state index in [4.69, 9.17) is 9.47 Å². The summed E-state index contributed by atoms with van der Waals surface area (Å²) in [6, 6.07) is 3.94. The molecule has 1 aromatic heterocycles. The van der Waals surface area contributed by atoms with Gasteiger partial charge >= 0.3 is 0 Å². The average Bonchev–Trinajstić information content (AvgIpc) is 2.64. The van der Waals surface area contributed by atoms with E-state index in [0.717, 1.165) is 32.0 Å². The molecule has 0 aliphatic carbocycles. The third-order valence-corrected chi connectivity index (χ3v) is 4.28. The van der Waals surface area contributed by atoms with Gasteiger partial charge in [-0.2, -0.15) is 0 Å². The van der Waals surface area contributed by atoms with Crippen molar-refractivity contribution in [1.82, 2.24) is 0 Å². The van der Waals surface area contributed by atoms with Crippen molar-refractivity contribution in [2.45, 2.75) is 13.8 Å². The van der Waals surface area contributed by atoms with E-state index < -0.39 is 0 Å². The molecule has 1 aromatic carbocycles. The maximum Gasteiger partial charge on any atom is 0.170 e. The highest BCUT2D eigenvalue weighted by Crippen LogP contribution is 2.40. The number of aryl methyl sites for hydroxylation is 1. The Morgan fingerprint density at radius 1 is 1.24 bits per heavy atom. The van der Waals surface area contributed by atoms with Gasteiger partial charge in [-0.3, -0.25) is 4.79 Å². The summed E-state index contributed by atoms with van der Waals surface area (Å²) in [5.74, 6) is 1.67. The van der Waals surface area contributed by atoms with Gasteiger partial charge in [0.05, 0.1) is 4.88 Å². The van der Waals surface area contributed by atoms with Crippen LogP contribution in [0.1, 0.15) is 22.2 Å². The van der Waals surface area contributed by atoms with Crippen LogP contribution in [0.2, 0.25) is 0 Å². The predicted octanol–water partition coefficient (Wildman–Crippen LogP) is 3.18. The fraction of sp³-hybridized carbons (Fsp3) is 0.308. The standard InChI is InChI=1S/C13H12O3S/c1-7-9-5-10-11(16-4-3-15-10)6-12(9)17-13(7)8(2)14/h5-6H,3-4H2,1-2H3. The molecule has 1 aliphatic rings. The molecule has 2 aromatic rings. The molecular weight excluding hydrogens is 236 g/mol. The van der Waals surface area contributed by atoms with Crippen LogP contribution in [-0.2, 0) is 0 Å². The van der Waals surface area contributed by atoms with E-state index >= 15 is 0 Å². The number of rotatable bonds is 1. The largest absolute Gasteiger partial charge is 0.486 e. The number of fused-ring (bicyclic) bond motifs is 2. The minimum atomic E-state index is 0.114. The number of thiophene rings is 1. The molecule has 0 saturated carbocycles. The molecule has 0 fully saturated rings. The van der Waals surface area contributed by atoms with Gasteiger partial charge in [0.2, 0.25) is 0 Å². The number of hydrogen-bond acceptors (Lipinski definition) is 4. The Morgan fingerprint density at radius 3 is 2.53 bits per heavy atom. The van der Waals surface area contributed by atoms with Crippen LogP contribution < -0.4 is 9.47 Å². The first-order valence-electron chi connectivity index (χ1n) is 5.50. The molecule has 0 unspecified atom stereocenters. The SMILES string of the molecule is CC(=O)c1sc2cc3c(cc2c1C)OCCO3. The van der Waals surface area contributed by atoms with Crippen LogP contribution in [0.3, 0.4) is 0 Å². The first-order valence-corrected chi connectivity index (χ1v) is 6.32. The van der Waals surface area contributed by atoms with Crippen molar-refractivity contribution in [2.75, 3.05) is 13.2 Å². The first kappa shape index (κ1) is 10.6. The van der Waals surface area contributed by atoms with E-state index in [-0.39, 0.29) is 5.78 Å². The second-order valence-corrected chi connectivity index (χ2v) is 5.16. The van der Waals surface area contributed by atoms with Gasteiger partial charge in [0.1, 0.15) is 13.2 Å². The van der Waals surface area contributed by atoms with Crippen molar-refractivity contribution in [2.24, 2.45) is 0 Å². The van der Waals surface area contributed by atoms with Crippen molar-refractivity contribution in [3.63, 3.8) is 0 Å². The number of hydrogen-bond donors (Lipinski definition) is 0. The number of ether oxygens (including phenoxy) is 2. The zero-order chi connectivity index (χ0) is 12.0. The normalized spacial score (nSPS) is 14.0. The lowest BCUT2D eigenvalue weighted by atomic mass is 10.1. The molecule has 0 N–H and O–H groups in total. The third-order valence-electron chi connectivity index (χ3n) is 2.92. The van der Waals surface area contributed by atoms with Crippen LogP contribution in [0.15, 0.2) is 12.1 Å². The van der Waals surface area contributed by atoms with Crippen LogP contribution in [0.5, 0.6) is 11.5 Å². The van der Waals surface area contributed by atoms with Crippen molar-refractivity contribution < 1.29 is 14.3 Å². The monoisotopic (exact) mass is 248 g/mol. The molecule has 17 heavy (non-hydrogen) atoms. The van der Waals surface area contributed by atoms with Gasteiger partial charge in [-0.05, 0) is 25.5 Å². The first-order chi connectivity index (χ1) is 8.16. The van der Waals surface area contributed by atoms with Crippen molar-refractivity contribution >= 4 is 27.2 Å². The second-order valence-electron chi connectivity index (χ2n) is 4.10. The lowest BCUT2D eigenvalue weighted by molar-refractivity contribution is 0.102. The van der Waals surface area contributed by atoms with Gasteiger partial charge in [0, 0.05) is 16.2 Å². The van der Waals surface area contributed by atoms with Gasteiger partial charge in [0.15, 0.2) is 17.3 Å². The Hall–Kier alpha value is -1.55. The summed E-state index contributed by atoms with van der Waals surface area (Å²) in [7, 11) is 0. The predicted molar refractivity (Wildman–Crippen MR) is 67.6 cm³/mol. The molecule has 0 saturated heterocycles. The van der Waals surface area contributed by atoms with E-state index in [2.05, 4.69) is 0 Å². The Bertz CT molecular complexity index is 613. The number of carbonyl (C=O) groups is 1. The molecular formula is C13H12O3S. The van der Waals surface area contributed by atoms with E-state index in [0.29, 0.717) is 13.2 Å². The Balaban J connectivity index is 2.27. The molecule has 4 heteroatoms. The number of ketones is 1. The van der Waals surface area contributed by atoms with E-state index in [1.807, 2.05) is 19.1 Å². The Labute approximate surface area is 103 Å². The molecule has 0 atom stereocenters. The lowest BCUT2D eigenvalue weighted by Crippen LogP contribution is -2.15. The summed E-state index contributed by atoms with van der Waals surface area (Å²) < 4.78 is 12.2. The molecule has 0 spiro atoms. The summed E-state index contributed by atoms with van der Waals surface area (Å²) in [6.07, 6.45) is 0. The topological polar surface area (TPSA) is 35.5 Å². The highest BCUT2D eigenvalue weighted by Gasteiger charge is 2.17. The van der Waals surface area contributed by atoms with Gasteiger partial charge < -0.3 is 9.47 Å². The van der Waals surface area contributed by atoms with Crippen LogP contribution in [0.25, 0.3) is 10.1 Å². The zero-order valence-corrected chi connectivity index (χ0v) is 10.5. The molecule has 88 valence electrons. The molecule has 3 rings (SSSR count). The van der Waals surface area contributed by atoms with Crippen LogP contribution in [-0.4, -0.2) is 19.0 Å². The highest BCUT2D eigenvalue weighted by atomic mass is 32.1. The summed E-state index contributed by atoms with van der Waals surface area (Å²) in [5, 5.41) is 1.09. The summed E-state index contributed by atoms with van der Waals surface area (Å²) >= 11 is 1.52. The van der Waals surface area contributed by atoms with Crippen molar-refractivity contribution in [3.05, 3.63) is 22.6 Å². The van der Waals surface area contributed by atoms with Crippen LogP contribution >= 0.6 is 11.3 Å². The lowest BCUT2D eigenvalue weighted by Gasteiger charge is -2.18. The molecule has 2 heterocycles. The molecule has 3 nitrogen and oxygen atoms in total. The fourth-order valence-electron chi connectivity index (χ4n) is 2.09. The fourth-order valence-corrected chi connectivity index (χ4v) is 3.21. The van der Waals surface area contributed by atoms with E-state index in [9.17, 15) is 4.79 Å². The summed E-state index contributed by atoms with van der Waals surface area (Å²) in [4.78, 5) is 12.3. The van der Waals surface area contributed by atoms with E-state index in [1.165, 1.54) is 11.3 Å². The summed E-state index contributed by atoms with van der Waals surface area (Å²) in [6.45, 7) is 4.75. The number of benzene rings is 1. The number of Topliss-reactive ketones (excluding diaryl/α,β-unsaturated/α-hetero) is 1. The molecule has 0 bridgehead atoms. The van der Waals surface area contributed by atoms with Gasteiger partial charge in [0.25, 0.3) is 0 Å². The number of carbonyl (C=O) groups excluding carboxylic acids is 1. The van der Waals surface area contributed by atoms with Crippen molar-refractivity contribution in [3.8, 4) is 11.5 Å². The minimum Gasteiger partial charge on any atom is -0.486 e. The Morgan fingerprint density at radius 2 is 1.88 bits per heavy atom. The van der Waals surface area contributed by atoms with Gasteiger partial charge in [-0.25, -0.2) is 0 Å². The average molecular weight is 248 g/mol. The van der Waals surface area contributed by atoms with Crippen LogP contribution in [0, 0.1) is 6.92 Å². The highest BCUT2D eigenvalue weighted by molar-refractivity contribution is 7.21. The molecule has 0 amide bonds. The van der Waals surface area contributed by atoms with E-state index in [1.54, 1.807) is 6.92 Å². The second kappa shape index (κ2) is 3.74. The van der Waals surface area contributed by atoms with Gasteiger partial charge in [-0.1, -0.05) is 0 Å². The van der Waals surface area contributed by atoms with Crippen LogP contribution in [0.4, 0.5) is 0 Å². The molecule has 1 aliphatic heterocycles. The maximum absolute atomic E-state index is 11.5. The minimum absolute atomic E-state index is 0.114. The van der Waals surface area contributed by atoms with Crippen molar-refractivity contribution in [1.29, 1.82) is 0 Å². The third kappa shape index (κ3) is 1.60. The Kier molecular flexibility index (Phi) is 2.33. The summed E-state index contributed by atoms with van der Waals surface area (Å²) in [5.41, 5.74) is 1.04. The quantitative estimate of drug-likeness (QED) is 0.727.